The number of carbonyl (C=O) groups is 3. The highest BCUT2D eigenvalue weighted by Gasteiger charge is 2.48. The van der Waals surface area contributed by atoms with Gasteiger partial charge in [-0.2, -0.15) is 0 Å². The molecule has 12 heteroatoms. The molecule has 200 valence electrons. The number of benzene rings is 2. The summed E-state index contributed by atoms with van der Waals surface area (Å²) in [4.78, 5) is 35.2. The third kappa shape index (κ3) is 6.95. The quantitative estimate of drug-likeness (QED) is 0.284. The molecule has 0 N–H and O–H groups in total. The summed E-state index contributed by atoms with van der Waals surface area (Å²) >= 11 is 3.44. The van der Waals surface area contributed by atoms with Crippen molar-refractivity contribution in [3.63, 3.8) is 0 Å². The molecule has 0 bridgehead atoms. The van der Waals surface area contributed by atoms with Gasteiger partial charge in [-0.1, -0.05) is 45.4 Å². The lowest BCUT2D eigenvalue weighted by molar-refractivity contribution is -0.241. The molecule has 0 spiro atoms. The van der Waals surface area contributed by atoms with E-state index in [9.17, 15) is 14.4 Å². The van der Waals surface area contributed by atoms with E-state index in [1.54, 1.807) is 6.20 Å². The van der Waals surface area contributed by atoms with Crippen LogP contribution in [0.25, 0.3) is 11.1 Å². The molecule has 0 radical (unpaired) electrons. The minimum atomic E-state index is -1.14. The van der Waals surface area contributed by atoms with Crippen molar-refractivity contribution in [3.8, 4) is 16.9 Å². The summed E-state index contributed by atoms with van der Waals surface area (Å²) in [5.74, 6) is -1.23. The molecular weight excluding hydrogens is 562 g/mol. The van der Waals surface area contributed by atoms with Crippen molar-refractivity contribution >= 4 is 33.8 Å². The minimum Gasteiger partial charge on any atom is -0.487 e. The van der Waals surface area contributed by atoms with Crippen LogP contribution >= 0.6 is 15.9 Å². The zero-order chi connectivity index (χ0) is 27.2. The van der Waals surface area contributed by atoms with Gasteiger partial charge in [-0.05, 0) is 35.4 Å². The van der Waals surface area contributed by atoms with E-state index in [-0.39, 0.29) is 13.2 Å². The number of halogens is 1. The Hall–Kier alpha value is -3.77. The van der Waals surface area contributed by atoms with Gasteiger partial charge < -0.3 is 23.7 Å². The predicted molar refractivity (Wildman–Crippen MR) is 136 cm³/mol. The molecule has 3 aromatic rings. The summed E-state index contributed by atoms with van der Waals surface area (Å²) in [6.07, 6.45) is -2.62. The third-order valence-electron chi connectivity index (χ3n) is 5.56. The molecule has 1 saturated heterocycles. The molecule has 0 unspecified atom stereocenters. The van der Waals surface area contributed by atoms with E-state index >= 15 is 0 Å². The van der Waals surface area contributed by atoms with E-state index in [1.165, 1.54) is 25.5 Å². The first-order valence-corrected chi connectivity index (χ1v) is 12.5. The molecule has 4 atom stereocenters. The maximum Gasteiger partial charge on any atom is 0.303 e. The van der Waals surface area contributed by atoms with Crippen LogP contribution in [-0.4, -0.2) is 57.8 Å². The van der Waals surface area contributed by atoms with Crippen LogP contribution in [0.15, 0.2) is 59.2 Å². The Bertz CT molecular complexity index is 1280. The van der Waals surface area contributed by atoms with Crippen molar-refractivity contribution in [2.75, 3.05) is 6.61 Å². The monoisotopic (exact) mass is 587 g/mol. The van der Waals surface area contributed by atoms with E-state index in [4.69, 9.17) is 23.7 Å². The number of ether oxygens (including phenoxy) is 5. The Balaban J connectivity index is 1.45. The molecule has 1 aromatic heterocycles. The summed E-state index contributed by atoms with van der Waals surface area (Å²) in [6.45, 7) is 3.63. The average Bonchev–Trinajstić information content (AvgIpc) is 3.33. The van der Waals surface area contributed by atoms with Crippen LogP contribution < -0.4 is 4.74 Å². The fourth-order valence-electron chi connectivity index (χ4n) is 4.00. The highest BCUT2D eigenvalue weighted by atomic mass is 79.9. The average molecular weight is 588 g/mol. The lowest BCUT2D eigenvalue weighted by Crippen LogP contribution is -2.55. The van der Waals surface area contributed by atoms with Gasteiger partial charge in [0.1, 0.15) is 18.1 Å². The van der Waals surface area contributed by atoms with Gasteiger partial charge in [-0.15, -0.1) is 5.10 Å². The van der Waals surface area contributed by atoms with Gasteiger partial charge in [0.15, 0.2) is 24.5 Å². The minimum absolute atomic E-state index is 0.115. The topological polar surface area (TPSA) is 128 Å². The van der Waals surface area contributed by atoms with Crippen LogP contribution in [0.4, 0.5) is 0 Å². The molecule has 0 saturated carbocycles. The fraction of sp³-hybridized carbons (Fsp3) is 0.346. The van der Waals surface area contributed by atoms with Crippen molar-refractivity contribution in [1.82, 2.24) is 15.0 Å². The number of nitrogens with zero attached hydrogens (tertiary/aromatic N) is 3. The van der Waals surface area contributed by atoms with E-state index in [0.29, 0.717) is 11.4 Å². The van der Waals surface area contributed by atoms with Crippen LogP contribution in [0.5, 0.6) is 5.75 Å². The van der Waals surface area contributed by atoms with Crippen LogP contribution in [0.2, 0.25) is 0 Å². The normalized spacial score (nSPS) is 20.8. The highest BCUT2D eigenvalue weighted by molar-refractivity contribution is 9.10. The SMILES string of the molecule is CC(=O)O[C@@H]1[C@@H](OC(C)=O)[C@H](OC(C)=O)CO[C@H]1n1cc(COc2ccc(-c3ccc(Br)cc3)cc2)nn1. The summed E-state index contributed by atoms with van der Waals surface area (Å²) in [6, 6.07) is 15.7. The van der Waals surface area contributed by atoms with Gasteiger partial charge in [0, 0.05) is 25.2 Å². The molecule has 1 fully saturated rings. The van der Waals surface area contributed by atoms with Crippen LogP contribution in [0.3, 0.4) is 0 Å². The Morgan fingerprint density at radius 1 is 0.895 bits per heavy atom. The molecule has 2 aromatic carbocycles. The number of aromatic nitrogens is 3. The number of rotatable bonds is 8. The lowest BCUT2D eigenvalue weighted by atomic mass is 10.0. The second-order valence-electron chi connectivity index (χ2n) is 8.53. The standard InChI is InChI=1S/C26H26BrN3O8/c1-15(31)36-23-14-35-26(25(38-17(3)33)24(23)37-16(2)32)30-12-21(28-29-30)13-34-22-10-6-19(7-11-22)18-4-8-20(27)9-5-18/h4-12,23-26H,13-14H2,1-3H3/t23-,24+,25-,26-/m1/s1. The smallest absolute Gasteiger partial charge is 0.303 e. The van der Waals surface area contributed by atoms with Crippen molar-refractivity contribution in [1.29, 1.82) is 0 Å². The maximum atomic E-state index is 11.8. The number of carbonyl (C=O) groups excluding carboxylic acids is 3. The third-order valence-corrected chi connectivity index (χ3v) is 6.09. The molecule has 38 heavy (non-hydrogen) atoms. The Kier molecular flexibility index (Phi) is 8.74. The van der Waals surface area contributed by atoms with E-state index in [1.807, 2.05) is 48.5 Å². The molecule has 0 amide bonds. The molecule has 1 aliphatic rings. The van der Waals surface area contributed by atoms with Crippen LogP contribution in [0.1, 0.15) is 32.7 Å². The summed E-state index contributed by atoms with van der Waals surface area (Å²) in [5.41, 5.74) is 2.62. The van der Waals surface area contributed by atoms with Gasteiger partial charge in [0.25, 0.3) is 0 Å². The van der Waals surface area contributed by atoms with Crippen molar-refractivity contribution in [3.05, 3.63) is 64.9 Å². The van der Waals surface area contributed by atoms with Crippen LogP contribution in [0, 0.1) is 0 Å². The molecule has 1 aliphatic heterocycles. The van der Waals surface area contributed by atoms with Gasteiger partial charge in [-0.3, -0.25) is 14.4 Å². The molecule has 4 rings (SSSR count). The first kappa shape index (κ1) is 27.3. The van der Waals surface area contributed by atoms with Crippen LogP contribution in [-0.2, 0) is 39.9 Å². The lowest BCUT2D eigenvalue weighted by Gasteiger charge is -2.40. The maximum absolute atomic E-state index is 11.8. The molecule has 2 heterocycles. The molecule has 11 nitrogen and oxygen atoms in total. The number of hydrogen-bond donors (Lipinski definition) is 0. The van der Waals surface area contributed by atoms with E-state index < -0.39 is 42.4 Å². The second-order valence-corrected chi connectivity index (χ2v) is 9.45. The zero-order valence-corrected chi connectivity index (χ0v) is 22.5. The van der Waals surface area contributed by atoms with Gasteiger partial charge >= 0.3 is 17.9 Å². The summed E-state index contributed by atoms with van der Waals surface area (Å²) < 4.78 is 30.1. The van der Waals surface area contributed by atoms with E-state index in [2.05, 4.69) is 26.2 Å². The molecular formula is C26H26BrN3O8. The zero-order valence-electron chi connectivity index (χ0n) is 20.9. The van der Waals surface area contributed by atoms with E-state index in [0.717, 1.165) is 15.6 Å². The Morgan fingerprint density at radius 3 is 2.08 bits per heavy atom. The number of esters is 3. The predicted octanol–water partition coefficient (Wildman–Crippen LogP) is 3.61. The van der Waals surface area contributed by atoms with Gasteiger partial charge in [0.05, 0.1) is 12.8 Å². The fourth-order valence-corrected chi connectivity index (χ4v) is 4.26. The van der Waals surface area contributed by atoms with Crippen molar-refractivity contribution in [2.24, 2.45) is 0 Å². The highest BCUT2D eigenvalue weighted by Crippen LogP contribution is 2.30. The first-order chi connectivity index (χ1) is 18.2. The van der Waals surface area contributed by atoms with Gasteiger partial charge in [0.2, 0.25) is 0 Å². The van der Waals surface area contributed by atoms with Crippen molar-refractivity contribution < 1.29 is 38.1 Å². The largest absolute Gasteiger partial charge is 0.487 e. The Labute approximate surface area is 227 Å². The summed E-state index contributed by atoms with van der Waals surface area (Å²) in [5, 5.41) is 8.21. The van der Waals surface area contributed by atoms with Gasteiger partial charge in [-0.25, -0.2) is 4.68 Å². The number of hydrogen-bond acceptors (Lipinski definition) is 10. The second kappa shape index (κ2) is 12.2. The molecule has 0 aliphatic carbocycles. The Morgan fingerprint density at radius 2 is 1.47 bits per heavy atom. The summed E-state index contributed by atoms with van der Waals surface area (Å²) in [7, 11) is 0. The van der Waals surface area contributed by atoms with Crippen molar-refractivity contribution in [2.45, 2.75) is 51.9 Å². The first-order valence-electron chi connectivity index (χ1n) is 11.7.